The van der Waals surface area contributed by atoms with Crippen molar-refractivity contribution >= 4 is 39.0 Å². The maximum atomic E-state index is 8.58. The zero-order valence-corrected chi connectivity index (χ0v) is 20.3. The fraction of sp³-hybridized carbons (Fsp3) is 0. The predicted octanol–water partition coefficient (Wildman–Crippen LogP) is 7.59. The molecule has 2 N–H and O–H groups in total. The second kappa shape index (κ2) is 8.68. The Hall–Kier alpha value is -5.29. The lowest BCUT2D eigenvalue weighted by Crippen LogP contribution is -2.16. The van der Waals surface area contributed by atoms with E-state index in [9.17, 15) is 0 Å². The molecule has 0 aliphatic heterocycles. The first-order valence-corrected chi connectivity index (χ1v) is 12.4. The van der Waals surface area contributed by atoms with E-state index in [-0.39, 0.29) is 11.4 Å². The summed E-state index contributed by atoms with van der Waals surface area (Å²) in [6.07, 6.45) is 3.57. The average molecular weight is 488 g/mol. The number of hydrogen-bond donors (Lipinski definition) is 2. The maximum absolute atomic E-state index is 8.58. The van der Waals surface area contributed by atoms with Crippen molar-refractivity contribution in [3.63, 3.8) is 0 Å². The van der Waals surface area contributed by atoms with Crippen molar-refractivity contribution in [3.8, 4) is 34.2 Å². The Labute approximate surface area is 219 Å². The molecule has 0 amide bonds. The third kappa shape index (κ3) is 3.69. The standard InChI is InChI=1S/C33H21N5/c34-28-17-16-22-13-11-21-12-15-26(19-27(21)29(22)30(28)35)33-37-31(23-7-2-1-3-8-23)36-32(38-33)25-14-10-20-6-4-5-9-24(20)18-25/h1-19,34-35H. The van der Waals surface area contributed by atoms with E-state index in [0.717, 1.165) is 49.4 Å². The Kier molecular flexibility index (Phi) is 5.01. The normalized spacial score (nSPS) is 12.7. The van der Waals surface area contributed by atoms with E-state index in [1.54, 1.807) is 6.08 Å². The summed E-state index contributed by atoms with van der Waals surface area (Å²) >= 11 is 0. The zero-order valence-electron chi connectivity index (χ0n) is 20.3. The Bertz CT molecular complexity index is 1950. The van der Waals surface area contributed by atoms with Gasteiger partial charge in [-0.15, -0.1) is 0 Å². The van der Waals surface area contributed by atoms with Gasteiger partial charge in [-0.3, -0.25) is 10.8 Å². The largest absolute Gasteiger partial charge is 0.299 e. The summed E-state index contributed by atoms with van der Waals surface area (Å²) in [5.74, 6) is 1.77. The summed E-state index contributed by atoms with van der Waals surface area (Å²) in [6, 6.07) is 34.5. The van der Waals surface area contributed by atoms with Crippen LogP contribution in [-0.2, 0) is 0 Å². The number of aromatic nitrogens is 3. The SMILES string of the molecule is N=C1C=Cc2ccc3ccc(-c4nc(-c5ccccc5)nc(-c5ccc6ccccc6c5)n4)cc3c2C1=N. The van der Waals surface area contributed by atoms with E-state index in [1.165, 1.54) is 0 Å². The zero-order chi connectivity index (χ0) is 25.6. The lowest BCUT2D eigenvalue weighted by Gasteiger charge is -2.16. The average Bonchev–Trinajstić information content (AvgIpc) is 2.98. The van der Waals surface area contributed by atoms with Gasteiger partial charge in [0.1, 0.15) is 0 Å². The van der Waals surface area contributed by atoms with Gasteiger partial charge in [-0.1, -0.05) is 97.1 Å². The Morgan fingerprint density at radius 1 is 0.474 bits per heavy atom. The molecule has 0 saturated heterocycles. The van der Waals surface area contributed by atoms with Gasteiger partial charge in [-0.05, 0) is 45.3 Å². The van der Waals surface area contributed by atoms with Crippen molar-refractivity contribution < 1.29 is 0 Å². The molecule has 1 aliphatic carbocycles. The van der Waals surface area contributed by atoms with Gasteiger partial charge >= 0.3 is 0 Å². The minimum Gasteiger partial charge on any atom is -0.299 e. The minimum absolute atomic E-state index is 0.209. The van der Waals surface area contributed by atoms with E-state index < -0.39 is 0 Å². The van der Waals surface area contributed by atoms with Crippen LogP contribution in [0.1, 0.15) is 11.1 Å². The highest BCUT2D eigenvalue weighted by Crippen LogP contribution is 2.32. The molecule has 1 aliphatic rings. The Morgan fingerprint density at radius 2 is 1.08 bits per heavy atom. The van der Waals surface area contributed by atoms with Crippen LogP contribution in [0.3, 0.4) is 0 Å². The number of allylic oxidation sites excluding steroid dienone is 1. The number of rotatable bonds is 3. The summed E-state index contributed by atoms with van der Waals surface area (Å²) in [7, 11) is 0. The van der Waals surface area contributed by atoms with Crippen LogP contribution in [0.25, 0.3) is 61.8 Å². The molecular formula is C33H21N5. The van der Waals surface area contributed by atoms with Crippen LogP contribution in [-0.4, -0.2) is 26.4 Å². The first kappa shape index (κ1) is 21.9. The molecule has 38 heavy (non-hydrogen) atoms. The molecule has 5 nitrogen and oxygen atoms in total. The Balaban J connectivity index is 1.45. The van der Waals surface area contributed by atoms with Crippen molar-refractivity contribution in [1.82, 2.24) is 15.0 Å². The van der Waals surface area contributed by atoms with Gasteiger partial charge in [0.15, 0.2) is 17.5 Å². The molecule has 0 bridgehead atoms. The summed E-state index contributed by atoms with van der Waals surface area (Å²) in [5.41, 5.74) is 4.81. The van der Waals surface area contributed by atoms with Crippen LogP contribution >= 0.6 is 0 Å². The van der Waals surface area contributed by atoms with Gasteiger partial charge in [0.2, 0.25) is 0 Å². The molecule has 7 rings (SSSR count). The van der Waals surface area contributed by atoms with Crippen LogP contribution in [0.4, 0.5) is 0 Å². The second-order valence-electron chi connectivity index (χ2n) is 9.32. The molecular weight excluding hydrogens is 466 g/mol. The number of benzene rings is 5. The van der Waals surface area contributed by atoms with E-state index in [2.05, 4.69) is 24.3 Å². The molecule has 5 aromatic carbocycles. The summed E-state index contributed by atoms with van der Waals surface area (Å²) in [4.78, 5) is 14.7. The smallest absolute Gasteiger partial charge is 0.164 e. The fourth-order valence-corrected chi connectivity index (χ4v) is 4.96. The molecule has 0 fully saturated rings. The summed E-state index contributed by atoms with van der Waals surface area (Å²) in [6.45, 7) is 0. The van der Waals surface area contributed by atoms with Gasteiger partial charge in [0.05, 0.1) is 11.4 Å². The highest BCUT2D eigenvalue weighted by Gasteiger charge is 2.19. The number of hydrogen-bond acceptors (Lipinski definition) is 5. The van der Waals surface area contributed by atoms with Crippen LogP contribution < -0.4 is 0 Å². The van der Waals surface area contributed by atoms with Crippen molar-refractivity contribution in [2.24, 2.45) is 0 Å². The van der Waals surface area contributed by atoms with E-state index in [4.69, 9.17) is 25.8 Å². The van der Waals surface area contributed by atoms with Crippen LogP contribution in [0.15, 0.2) is 109 Å². The molecule has 0 saturated carbocycles. The van der Waals surface area contributed by atoms with Gasteiger partial charge in [0, 0.05) is 22.3 Å². The van der Waals surface area contributed by atoms with Gasteiger partial charge in [-0.25, -0.2) is 15.0 Å². The van der Waals surface area contributed by atoms with Gasteiger partial charge in [0.25, 0.3) is 0 Å². The van der Waals surface area contributed by atoms with Crippen molar-refractivity contribution in [3.05, 3.63) is 120 Å². The van der Waals surface area contributed by atoms with E-state index >= 15 is 0 Å². The maximum Gasteiger partial charge on any atom is 0.164 e. The molecule has 6 aromatic rings. The minimum atomic E-state index is 0.209. The molecule has 1 aromatic heterocycles. The predicted molar refractivity (Wildman–Crippen MR) is 155 cm³/mol. The highest BCUT2D eigenvalue weighted by atomic mass is 15.0. The summed E-state index contributed by atoms with van der Waals surface area (Å²) < 4.78 is 0. The van der Waals surface area contributed by atoms with E-state index in [0.29, 0.717) is 17.5 Å². The molecule has 5 heteroatoms. The highest BCUT2D eigenvalue weighted by molar-refractivity contribution is 6.53. The van der Waals surface area contributed by atoms with E-state index in [1.807, 2.05) is 84.9 Å². The molecule has 1 heterocycles. The number of fused-ring (bicyclic) bond motifs is 4. The first-order chi connectivity index (χ1) is 18.6. The van der Waals surface area contributed by atoms with Crippen molar-refractivity contribution in [2.75, 3.05) is 0 Å². The fourth-order valence-electron chi connectivity index (χ4n) is 4.96. The van der Waals surface area contributed by atoms with Crippen molar-refractivity contribution in [1.29, 1.82) is 10.8 Å². The number of nitrogens with one attached hydrogen (secondary N) is 2. The second-order valence-corrected chi connectivity index (χ2v) is 9.32. The quantitative estimate of drug-likeness (QED) is 0.270. The van der Waals surface area contributed by atoms with Gasteiger partial charge in [-0.2, -0.15) is 0 Å². The lowest BCUT2D eigenvalue weighted by molar-refractivity contribution is 1.07. The Morgan fingerprint density at radius 3 is 1.84 bits per heavy atom. The molecule has 0 unspecified atom stereocenters. The monoisotopic (exact) mass is 487 g/mol. The van der Waals surface area contributed by atoms with Crippen LogP contribution in [0.5, 0.6) is 0 Å². The third-order valence-electron chi connectivity index (χ3n) is 6.94. The third-order valence-corrected chi connectivity index (χ3v) is 6.94. The molecule has 0 radical (unpaired) electrons. The van der Waals surface area contributed by atoms with Gasteiger partial charge < -0.3 is 0 Å². The number of nitrogens with zero attached hydrogens (tertiary/aromatic N) is 3. The van der Waals surface area contributed by atoms with Crippen LogP contribution in [0.2, 0.25) is 0 Å². The molecule has 178 valence electrons. The first-order valence-electron chi connectivity index (χ1n) is 12.4. The lowest BCUT2D eigenvalue weighted by atomic mass is 9.89. The van der Waals surface area contributed by atoms with Crippen molar-refractivity contribution in [2.45, 2.75) is 0 Å². The molecule has 0 atom stereocenters. The van der Waals surface area contributed by atoms with Crippen LogP contribution in [0, 0.1) is 10.8 Å². The topological polar surface area (TPSA) is 86.4 Å². The summed E-state index contributed by atoms with van der Waals surface area (Å²) in [5, 5.41) is 21.0. The molecule has 0 spiro atoms.